The van der Waals surface area contributed by atoms with Crippen molar-refractivity contribution in [1.82, 2.24) is 0 Å². The Bertz CT molecular complexity index is 736. The normalized spacial score (nSPS) is 21.6. The van der Waals surface area contributed by atoms with Crippen LogP contribution in [0.15, 0.2) is 12.2 Å². The molecule has 1 heterocycles. The second-order valence-corrected chi connectivity index (χ2v) is 7.35. The molecule has 0 unspecified atom stereocenters. The lowest BCUT2D eigenvalue weighted by atomic mass is 9.82. The molecule has 1 aromatic rings. The SMILES string of the molecule is CCOC(=O)c1c(NC(=O)[C@H]2CC=CC[C@@H]2C(=O)[O-])sc2c1CCC2. The van der Waals surface area contributed by atoms with Gasteiger partial charge in [0.15, 0.2) is 0 Å². The number of allylic oxidation sites excluding steroid dienone is 2. The smallest absolute Gasteiger partial charge is 0.341 e. The van der Waals surface area contributed by atoms with E-state index in [1.165, 1.54) is 11.3 Å². The lowest BCUT2D eigenvalue weighted by Gasteiger charge is -2.28. The Balaban J connectivity index is 1.85. The molecule has 25 heavy (non-hydrogen) atoms. The number of ether oxygens (including phenoxy) is 1. The van der Waals surface area contributed by atoms with Gasteiger partial charge in [0.05, 0.1) is 18.1 Å². The van der Waals surface area contributed by atoms with Crippen molar-refractivity contribution in [2.75, 3.05) is 11.9 Å². The zero-order valence-corrected chi connectivity index (χ0v) is 14.8. The van der Waals surface area contributed by atoms with Crippen LogP contribution in [0.1, 0.15) is 47.0 Å². The molecular weight excluding hydrogens is 342 g/mol. The predicted molar refractivity (Wildman–Crippen MR) is 91.3 cm³/mol. The summed E-state index contributed by atoms with van der Waals surface area (Å²) in [5.41, 5.74) is 1.39. The van der Waals surface area contributed by atoms with Crippen LogP contribution < -0.4 is 10.4 Å². The molecule has 0 aliphatic heterocycles. The monoisotopic (exact) mass is 362 g/mol. The molecule has 2 aliphatic carbocycles. The van der Waals surface area contributed by atoms with Gasteiger partial charge >= 0.3 is 5.97 Å². The molecule has 7 heteroatoms. The average molecular weight is 362 g/mol. The first-order valence-corrected chi connectivity index (χ1v) is 9.33. The van der Waals surface area contributed by atoms with Gasteiger partial charge < -0.3 is 20.0 Å². The molecule has 0 radical (unpaired) electrons. The molecule has 3 rings (SSSR count). The molecule has 2 atom stereocenters. The zero-order valence-electron chi connectivity index (χ0n) is 14.0. The van der Waals surface area contributed by atoms with E-state index in [9.17, 15) is 19.5 Å². The summed E-state index contributed by atoms with van der Waals surface area (Å²) in [4.78, 5) is 37.4. The van der Waals surface area contributed by atoms with Crippen LogP contribution in [0.25, 0.3) is 0 Å². The Morgan fingerprint density at radius 2 is 1.96 bits per heavy atom. The lowest BCUT2D eigenvalue weighted by Crippen LogP contribution is -2.41. The first kappa shape index (κ1) is 17.7. The quantitative estimate of drug-likeness (QED) is 0.635. The van der Waals surface area contributed by atoms with E-state index in [1.807, 2.05) is 6.08 Å². The second kappa shape index (κ2) is 7.39. The van der Waals surface area contributed by atoms with Crippen LogP contribution >= 0.6 is 11.3 Å². The highest BCUT2D eigenvalue weighted by molar-refractivity contribution is 7.17. The van der Waals surface area contributed by atoms with Gasteiger partial charge in [0.1, 0.15) is 5.00 Å². The number of aryl methyl sites for hydroxylation is 1. The predicted octanol–water partition coefficient (Wildman–Crippen LogP) is 1.68. The van der Waals surface area contributed by atoms with Crippen molar-refractivity contribution in [2.24, 2.45) is 11.8 Å². The summed E-state index contributed by atoms with van der Waals surface area (Å²) in [5, 5.41) is 14.6. The summed E-state index contributed by atoms with van der Waals surface area (Å²) in [6.45, 7) is 2.00. The summed E-state index contributed by atoms with van der Waals surface area (Å²) < 4.78 is 5.14. The number of amides is 1. The van der Waals surface area contributed by atoms with Crippen molar-refractivity contribution in [3.63, 3.8) is 0 Å². The molecule has 1 aromatic heterocycles. The number of carboxylic acids is 1. The molecule has 134 valence electrons. The van der Waals surface area contributed by atoms with Crippen molar-refractivity contribution < 1.29 is 24.2 Å². The number of hydrogen-bond acceptors (Lipinski definition) is 6. The molecule has 0 bridgehead atoms. The number of aliphatic carboxylic acids is 1. The van der Waals surface area contributed by atoms with Crippen molar-refractivity contribution in [3.05, 3.63) is 28.2 Å². The Morgan fingerprint density at radius 3 is 2.64 bits per heavy atom. The van der Waals surface area contributed by atoms with Crippen LogP contribution in [0.2, 0.25) is 0 Å². The fourth-order valence-electron chi connectivity index (χ4n) is 3.48. The van der Waals surface area contributed by atoms with E-state index in [0.717, 1.165) is 29.7 Å². The summed E-state index contributed by atoms with van der Waals surface area (Å²) in [6, 6.07) is 0. The number of hydrogen-bond donors (Lipinski definition) is 1. The highest BCUT2D eigenvalue weighted by Gasteiger charge is 2.33. The van der Waals surface area contributed by atoms with Gasteiger partial charge in [-0.15, -0.1) is 11.3 Å². The maximum atomic E-state index is 12.7. The van der Waals surface area contributed by atoms with Crippen LogP contribution in [0.4, 0.5) is 5.00 Å². The summed E-state index contributed by atoms with van der Waals surface area (Å²) in [7, 11) is 0. The molecule has 0 spiro atoms. The minimum Gasteiger partial charge on any atom is -0.550 e. The van der Waals surface area contributed by atoms with E-state index >= 15 is 0 Å². The topological polar surface area (TPSA) is 95.5 Å². The van der Waals surface area contributed by atoms with Gasteiger partial charge in [-0.05, 0) is 44.6 Å². The average Bonchev–Trinajstić information content (AvgIpc) is 3.15. The van der Waals surface area contributed by atoms with Crippen molar-refractivity contribution in [3.8, 4) is 0 Å². The van der Waals surface area contributed by atoms with Gasteiger partial charge in [0.25, 0.3) is 0 Å². The van der Waals surface area contributed by atoms with Gasteiger partial charge in [-0.25, -0.2) is 4.79 Å². The first-order chi connectivity index (χ1) is 12.0. The fraction of sp³-hybridized carbons (Fsp3) is 0.500. The number of carboxylic acid groups (broad SMARTS) is 1. The molecule has 1 N–H and O–H groups in total. The molecule has 2 aliphatic rings. The first-order valence-electron chi connectivity index (χ1n) is 8.51. The van der Waals surface area contributed by atoms with E-state index < -0.39 is 23.8 Å². The third-order valence-corrected chi connectivity index (χ3v) is 5.92. The van der Waals surface area contributed by atoms with E-state index in [2.05, 4.69) is 5.32 Å². The van der Waals surface area contributed by atoms with Gasteiger partial charge in [0.2, 0.25) is 5.91 Å². The van der Waals surface area contributed by atoms with E-state index in [0.29, 0.717) is 17.0 Å². The summed E-state index contributed by atoms with van der Waals surface area (Å²) >= 11 is 1.39. The number of rotatable bonds is 5. The minimum absolute atomic E-state index is 0.261. The standard InChI is InChI=1S/C18H21NO5S/c1-2-24-18(23)14-12-8-5-9-13(12)25-16(14)19-15(20)10-6-3-4-7-11(10)17(21)22/h3-4,10-11H,2,5-9H2,1H3,(H,19,20)(H,21,22)/p-1/t10-,11-/m0/s1. The number of esters is 1. The minimum atomic E-state index is -1.22. The third kappa shape index (κ3) is 3.46. The Kier molecular flexibility index (Phi) is 5.22. The molecule has 6 nitrogen and oxygen atoms in total. The van der Waals surface area contributed by atoms with E-state index in [-0.39, 0.29) is 18.9 Å². The highest BCUT2D eigenvalue weighted by atomic mass is 32.1. The van der Waals surface area contributed by atoms with Crippen molar-refractivity contribution in [2.45, 2.75) is 39.0 Å². The molecule has 0 saturated heterocycles. The van der Waals surface area contributed by atoms with Crippen LogP contribution in [0, 0.1) is 11.8 Å². The van der Waals surface area contributed by atoms with Crippen LogP contribution in [0.5, 0.6) is 0 Å². The van der Waals surface area contributed by atoms with Crippen molar-refractivity contribution in [1.29, 1.82) is 0 Å². The van der Waals surface area contributed by atoms with E-state index in [4.69, 9.17) is 4.74 Å². The van der Waals surface area contributed by atoms with Crippen LogP contribution in [0.3, 0.4) is 0 Å². The zero-order chi connectivity index (χ0) is 18.0. The van der Waals surface area contributed by atoms with Gasteiger partial charge in [-0.3, -0.25) is 4.79 Å². The fourth-order valence-corrected chi connectivity index (χ4v) is 4.76. The second-order valence-electron chi connectivity index (χ2n) is 6.25. The Hall–Kier alpha value is -2.15. The maximum absolute atomic E-state index is 12.7. The lowest BCUT2D eigenvalue weighted by molar-refractivity contribution is -0.313. The number of thiophene rings is 1. The molecule has 1 amide bonds. The number of carbonyl (C=O) groups is 3. The largest absolute Gasteiger partial charge is 0.550 e. The number of nitrogens with one attached hydrogen (secondary N) is 1. The van der Waals surface area contributed by atoms with E-state index in [1.54, 1.807) is 13.0 Å². The van der Waals surface area contributed by atoms with Crippen LogP contribution in [-0.4, -0.2) is 24.5 Å². The molecule has 0 saturated carbocycles. The Labute approximate surface area is 149 Å². The molecule has 0 fully saturated rings. The van der Waals surface area contributed by atoms with Gasteiger partial charge in [-0.1, -0.05) is 12.2 Å². The summed E-state index contributed by atoms with van der Waals surface area (Å²) in [6.07, 6.45) is 6.87. The third-order valence-electron chi connectivity index (χ3n) is 4.71. The summed E-state index contributed by atoms with van der Waals surface area (Å²) in [5.74, 6) is -3.57. The van der Waals surface area contributed by atoms with Gasteiger partial charge in [-0.2, -0.15) is 0 Å². The van der Waals surface area contributed by atoms with Crippen molar-refractivity contribution >= 4 is 34.2 Å². The Morgan fingerprint density at radius 1 is 1.24 bits per heavy atom. The highest BCUT2D eigenvalue weighted by Crippen LogP contribution is 2.40. The molecule has 0 aromatic carbocycles. The number of fused-ring (bicyclic) bond motifs is 1. The maximum Gasteiger partial charge on any atom is 0.341 e. The van der Waals surface area contributed by atoms with Gasteiger partial charge in [0, 0.05) is 16.8 Å². The van der Waals surface area contributed by atoms with Crippen LogP contribution in [-0.2, 0) is 27.2 Å². The molecular formula is C18H20NO5S-. The number of anilines is 1. The number of carbonyl (C=O) groups excluding carboxylic acids is 3.